The van der Waals surface area contributed by atoms with Crippen LogP contribution in [0.1, 0.15) is 29.1 Å². The van der Waals surface area contributed by atoms with E-state index in [1.54, 1.807) is 13.0 Å². The number of aromatic carboxylic acids is 1. The van der Waals surface area contributed by atoms with E-state index in [1.807, 2.05) is 6.92 Å². The number of hydrogen-bond acceptors (Lipinski definition) is 3. The van der Waals surface area contributed by atoms with Crippen molar-refractivity contribution in [2.45, 2.75) is 20.3 Å². The highest BCUT2D eigenvalue weighted by Gasteiger charge is 2.16. The van der Waals surface area contributed by atoms with Gasteiger partial charge >= 0.3 is 12.0 Å². The van der Waals surface area contributed by atoms with Gasteiger partial charge in [-0.1, -0.05) is 6.92 Å². The van der Waals surface area contributed by atoms with Gasteiger partial charge in [-0.25, -0.2) is 9.59 Å². The number of urea groups is 1. The second-order valence-electron chi connectivity index (χ2n) is 3.10. The van der Waals surface area contributed by atoms with Crippen LogP contribution in [0.3, 0.4) is 0 Å². The van der Waals surface area contributed by atoms with Gasteiger partial charge in [0.05, 0.1) is 5.56 Å². The number of thiophene rings is 1. The van der Waals surface area contributed by atoms with E-state index < -0.39 is 5.97 Å². The molecule has 0 fully saturated rings. The summed E-state index contributed by atoms with van der Waals surface area (Å²) in [5.41, 5.74) is 0.146. The van der Waals surface area contributed by atoms with Crippen molar-refractivity contribution >= 4 is 28.3 Å². The number of anilines is 1. The molecule has 0 aliphatic heterocycles. The normalized spacial score (nSPS) is 9.88. The zero-order chi connectivity index (χ0) is 12.1. The first-order valence-electron chi connectivity index (χ1n) is 4.99. The number of carboxylic acid groups (broad SMARTS) is 1. The lowest BCUT2D eigenvalue weighted by molar-refractivity contribution is 0.0698. The zero-order valence-electron chi connectivity index (χ0n) is 9.16. The van der Waals surface area contributed by atoms with Gasteiger partial charge in [0.25, 0.3) is 0 Å². The summed E-state index contributed by atoms with van der Waals surface area (Å²) < 4.78 is 0. The van der Waals surface area contributed by atoms with Crippen LogP contribution < -0.4 is 10.6 Å². The molecule has 0 atom stereocenters. The van der Waals surface area contributed by atoms with Gasteiger partial charge in [-0.15, -0.1) is 11.3 Å². The maximum atomic E-state index is 11.3. The topological polar surface area (TPSA) is 78.4 Å². The molecule has 6 heteroatoms. The van der Waals surface area contributed by atoms with Crippen molar-refractivity contribution < 1.29 is 14.7 Å². The summed E-state index contributed by atoms with van der Waals surface area (Å²) in [4.78, 5) is 23.1. The van der Waals surface area contributed by atoms with Gasteiger partial charge in [0.15, 0.2) is 0 Å². The van der Waals surface area contributed by atoms with Crippen LogP contribution in [0, 0.1) is 0 Å². The smallest absolute Gasteiger partial charge is 0.338 e. The molecule has 0 radical (unpaired) electrons. The molecule has 3 N–H and O–H groups in total. The quantitative estimate of drug-likeness (QED) is 0.757. The lowest BCUT2D eigenvalue weighted by Gasteiger charge is -2.03. The van der Waals surface area contributed by atoms with Crippen molar-refractivity contribution in [2.75, 3.05) is 11.9 Å². The Morgan fingerprint density at radius 3 is 2.62 bits per heavy atom. The van der Waals surface area contributed by atoms with Crippen LogP contribution in [-0.2, 0) is 6.42 Å². The highest BCUT2D eigenvalue weighted by molar-refractivity contribution is 7.16. The predicted molar refractivity (Wildman–Crippen MR) is 63.4 cm³/mol. The Kier molecular flexibility index (Phi) is 4.30. The maximum absolute atomic E-state index is 11.3. The molecule has 0 saturated heterocycles. The molecule has 88 valence electrons. The number of rotatable bonds is 4. The second-order valence-corrected chi connectivity index (χ2v) is 4.24. The van der Waals surface area contributed by atoms with E-state index in [0.29, 0.717) is 11.5 Å². The molecule has 0 unspecified atom stereocenters. The third kappa shape index (κ3) is 2.96. The SMILES string of the molecule is CCNC(=O)Nc1sc(CC)cc1C(=O)O. The predicted octanol–water partition coefficient (Wildman–Crippen LogP) is 2.15. The van der Waals surface area contributed by atoms with Gasteiger partial charge in [-0.2, -0.15) is 0 Å². The Morgan fingerprint density at radius 2 is 2.12 bits per heavy atom. The minimum atomic E-state index is -1.03. The number of carboxylic acids is 1. The van der Waals surface area contributed by atoms with Crippen LogP contribution in [0.25, 0.3) is 0 Å². The number of hydrogen-bond donors (Lipinski definition) is 3. The van der Waals surface area contributed by atoms with Crippen molar-refractivity contribution in [3.05, 3.63) is 16.5 Å². The molecule has 0 aromatic carbocycles. The maximum Gasteiger partial charge on any atom is 0.338 e. The van der Waals surface area contributed by atoms with Gasteiger partial charge in [0.1, 0.15) is 5.00 Å². The second kappa shape index (κ2) is 5.50. The summed E-state index contributed by atoms with van der Waals surface area (Å²) in [6.07, 6.45) is 0.752. The van der Waals surface area contributed by atoms with Crippen LogP contribution >= 0.6 is 11.3 Å². The average molecular weight is 242 g/mol. The Morgan fingerprint density at radius 1 is 1.44 bits per heavy atom. The lowest BCUT2D eigenvalue weighted by Crippen LogP contribution is -2.28. The lowest BCUT2D eigenvalue weighted by atomic mass is 10.2. The summed E-state index contributed by atoms with van der Waals surface area (Å²) in [7, 11) is 0. The molecular formula is C10H14N2O3S. The third-order valence-corrected chi connectivity index (χ3v) is 3.12. The van der Waals surface area contributed by atoms with Crippen molar-refractivity contribution in [3.63, 3.8) is 0 Å². The number of nitrogens with one attached hydrogen (secondary N) is 2. The van der Waals surface area contributed by atoms with Crippen molar-refractivity contribution in [2.24, 2.45) is 0 Å². The standard InChI is InChI=1S/C10H14N2O3S/c1-3-6-5-7(9(13)14)8(16-6)12-10(15)11-4-2/h5H,3-4H2,1-2H3,(H,13,14)(H2,11,12,15). The molecule has 0 bridgehead atoms. The van der Waals surface area contributed by atoms with Crippen LogP contribution in [-0.4, -0.2) is 23.7 Å². The summed E-state index contributed by atoms with van der Waals surface area (Å²) in [6, 6.07) is 1.21. The highest BCUT2D eigenvalue weighted by Crippen LogP contribution is 2.28. The largest absolute Gasteiger partial charge is 0.478 e. The fourth-order valence-electron chi connectivity index (χ4n) is 1.18. The van der Waals surface area contributed by atoms with Gasteiger partial charge in [-0.05, 0) is 19.4 Å². The Bertz CT molecular complexity index is 401. The molecule has 0 aliphatic carbocycles. The molecule has 1 rings (SSSR count). The molecule has 0 saturated carbocycles. The summed E-state index contributed by atoms with van der Waals surface area (Å²) in [5, 5.41) is 14.4. The molecule has 16 heavy (non-hydrogen) atoms. The number of carbonyl (C=O) groups is 2. The number of amides is 2. The van der Waals surface area contributed by atoms with Gasteiger partial charge < -0.3 is 10.4 Å². The molecule has 0 spiro atoms. The van der Waals surface area contributed by atoms with Crippen molar-refractivity contribution in [1.82, 2.24) is 5.32 Å². The summed E-state index contributed by atoms with van der Waals surface area (Å²) in [5.74, 6) is -1.03. The highest BCUT2D eigenvalue weighted by atomic mass is 32.1. The van der Waals surface area contributed by atoms with Gasteiger partial charge in [0, 0.05) is 11.4 Å². The van der Waals surface area contributed by atoms with E-state index in [0.717, 1.165) is 11.3 Å². The molecule has 5 nitrogen and oxygen atoms in total. The zero-order valence-corrected chi connectivity index (χ0v) is 9.98. The van der Waals surface area contributed by atoms with Crippen LogP contribution in [0.4, 0.5) is 9.80 Å². The Labute approximate surface area is 97.5 Å². The fraction of sp³-hybridized carbons (Fsp3) is 0.400. The van der Waals surface area contributed by atoms with Crippen molar-refractivity contribution in [1.29, 1.82) is 0 Å². The Balaban J connectivity index is 2.89. The molecule has 2 amide bonds. The first-order chi connectivity index (χ1) is 7.58. The van der Waals surface area contributed by atoms with E-state index in [1.165, 1.54) is 11.3 Å². The van der Waals surface area contributed by atoms with Crippen LogP contribution in [0.5, 0.6) is 0 Å². The average Bonchev–Trinajstić information content (AvgIpc) is 2.61. The Hall–Kier alpha value is -1.56. The van der Waals surface area contributed by atoms with E-state index in [2.05, 4.69) is 10.6 Å². The minimum absolute atomic E-state index is 0.146. The minimum Gasteiger partial charge on any atom is -0.478 e. The molecule has 1 heterocycles. The van der Waals surface area contributed by atoms with Gasteiger partial charge in [-0.3, -0.25) is 5.32 Å². The first kappa shape index (κ1) is 12.5. The van der Waals surface area contributed by atoms with Gasteiger partial charge in [0.2, 0.25) is 0 Å². The first-order valence-corrected chi connectivity index (χ1v) is 5.81. The molecule has 1 aromatic heterocycles. The summed E-state index contributed by atoms with van der Waals surface area (Å²) in [6.45, 7) is 4.23. The fourth-order valence-corrected chi connectivity index (χ4v) is 2.16. The van der Waals surface area contributed by atoms with Crippen LogP contribution in [0.15, 0.2) is 6.07 Å². The monoisotopic (exact) mass is 242 g/mol. The summed E-state index contributed by atoms with van der Waals surface area (Å²) >= 11 is 1.29. The number of carbonyl (C=O) groups excluding carboxylic acids is 1. The van der Waals surface area contributed by atoms with E-state index in [9.17, 15) is 9.59 Å². The van der Waals surface area contributed by atoms with Crippen molar-refractivity contribution in [3.8, 4) is 0 Å². The number of aryl methyl sites for hydroxylation is 1. The van der Waals surface area contributed by atoms with E-state index in [-0.39, 0.29) is 11.6 Å². The van der Waals surface area contributed by atoms with E-state index >= 15 is 0 Å². The third-order valence-electron chi connectivity index (χ3n) is 1.93. The molecule has 0 aliphatic rings. The van der Waals surface area contributed by atoms with Crippen LogP contribution in [0.2, 0.25) is 0 Å². The molecular weight excluding hydrogens is 228 g/mol. The molecule has 1 aromatic rings. The van der Waals surface area contributed by atoms with E-state index in [4.69, 9.17) is 5.11 Å².